The lowest BCUT2D eigenvalue weighted by atomic mass is 10.1. The molecule has 2 aromatic carbocycles. The van der Waals surface area contributed by atoms with E-state index in [2.05, 4.69) is 26.3 Å². The van der Waals surface area contributed by atoms with E-state index < -0.39 is 17.2 Å². The number of hydrogen-bond donors (Lipinski definition) is 2. The van der Waals surface area contributed by atoms with Crippen molar-refractivity contribution < 1.29 is 9.90 Å². The summed E-state index contributed by atoms with van der Waals surface area (Å²) in [5, 5.41) is 16.8. The molecule has 0 spiro atoms. The highest BCUT2D eigenvalue weighted by Gasteiger charge is 2.17. The van der Waals surface area contributed by atoms with Crippen molar-refractivity contribution in [2.45, 2.75) is 13.8 Å². The van der Waals surface area contributed by atoms with Gasteiger partial charge in [-0.05, 0) is 61.4 Å². The van der Waals surface area contributed by atoms with Crippen LogP contribution >= 0.6 is 15.9 Å². The highest BCUT2D eigenvalue weighted by atomic mass is 79.9. The predicted molar refractivity (Wildman–Crippen MR) is 103 cm³/mol. The third-order valence-corrected chi connectivity index (χ3v) is 4.21. The molecule has 26 heavy (non-hydrogen) atoms. The van der Waals surface area contributed by atoms with Gasteiger partial charge in [0.05, 0.1) is 5.69 Å². The molecule has 0 bridgehead atoms. The van der Waals surface area contributed by atoms with Crippen molar-refractivity contribution in [3.8, 4) is 11.4 Å². The number of amides is 1. The van der Waals surface area contributed by atoms with Gasteiger partial charge in [0.2, 0.25) is 0 Å². The third-order valence-electron chi connectivity index (χ3n) is 3.68. The number of carbonyl (C=O) groups is 1. The summed E-state index contributed by atoms with van der Waals surface area (Å²) >= 11 is 3.32. The zero-order valence-corrected chi connectivity index (χ0v) is 15.7. The number of halogens is 1. The van der Waals surface area contributed by atoms with E-state index >= 15 is 0 Å². The predicted octanol–water partition coefficient (Wildman–Crippen LogP) is 3.57. The first-order chi connectivity index (χ1) is 12.3. The second-order valence-electron chi connectivity index (χ2n) is 5.94. The molecule has 0 fully saturated rings. The van der Waals surface area contributed by atoms with Gasteiger partial charge in [-0.2, -0.15) is 9.78 Å². The van der Waals surface area contributed by atoms with Crippen molar-refractivity contribution in [1.29, 1.82) is 0 Å². The van der Waals surface area contributed by atoms with Gasteiger partial charge in [0.1, 0.15) is 0 Å². The highest BCUT2D eigenvalue weighted by molar-refractivity contribution is 9.10. The maximum Gasteiger partial charge on any atom is 0.279 e. The van der Waals surface area contributed by atoms with Gasteiger partial charge < -0.3 is 10.4 Å². The van der Waals surface area contributed by atoms with E-state index in [1.165, 1.54) is 0 Å². The van der Waals surface area contributed by atoms with Gasteiger partial charge in [-0.3, -0.25) is 9.59 Å². The van der Waals surface area contributed by atoms with E-state index in [0.717, 1.165) is 26.3 Å². The van der Waals surface area contributed by atoms with Crippen molar-refractivity contribution in [2.75, 3.05) is 5.32 Å². The molecule has 0 aliphatic rings. The SMILES string of the molecule is Cc1cc(C)cc(NC(=O)c2nn(-c3ccc(Br)cc3)c(=O)cc2O)c1. The Morgan fingerprint density at radius 2 is 1.69 bits per heavy atom. The minimum Gasteiger partial charge on any atom is -0.505 e. The maximum absolute atomic E-state index is 12.5. The zero-order chi connectivity index (χ0) is 18.8. The number of anilines is 1. The minimum absolute atomic E-state index is 0.230. The lowest BCUT2D eigenvalue weighted by Gasteiger charge is -2.10. The number of rotatable bonds is 3. The summed E-state index contributed by atoms with van der Waals surface area (Å²) in [4.78, 5) is 24.7. The fourth-order valence-corrected chi connectivity index (χ4v) is 2.88. The van der Waals surface area contributed by atoms with Crippen LogP contribution in [0.4, 0.5) is 5.69 Å². The number of aryl methyl sites for hydroxylation is 2. The van der Waals surface area contributed by atoms with Crippen LogP contribution in [-0.2, 0) is 0 Å². The van der Waals surface area contributed by atoms with Gasteiger partial charge >= 0.3 is 0 Å². The summed E-state index contributed by atoms with van der Waals surface area (Å²) in [6.45, 7) is 3.85. The number of nitrogens with zero attached hydrogens (tertiary/aromatic N) is 2. The number of aromatic hydroxyl groups is 1. The average molecular weight is 414 g/mol. The summed E-state index contributed by atoms with van der Waals surface area (Å²) in [6.07, 6.45) is 0. The molecular formula is C19H16BrN3O3. The number of hydrogen-bond acceptors (Lipinski definition) is 4. The molecule has 0 saturated heterocycles. The average Bonchev–Trinajstić information content (AvgIpc) is 2.55. The maximum atomic E-state index is 12.5. The van der Waals surface area contributed by atoms with Crippen LogP contribution in [-0.4, -0.2) is 20.8 Å². The van der Waals surface area contributed by atoms with E-state index in [9.17, 15) is 14.7 Å². The second-order valence-corrected chi connectivity index (χ2v) is 6.85. The number of nitrogens with one attached hydrogen (secondary N) is 1. The van der Waals surface area contributed by atoms with Crippen molar-refractivity contribution in [3.05, 3.63) is 80.2 Å². The van der Waals surface area contributed by atoms with Crippen LogP contribution in [0.5, 0.6) is 5.75 Å². The Morgan fingerprint density at radius 1 is 1.08 bits per heavy atom. The molecule has 1 heterocycles. The van der Waals surface area contributed by atoms with Crippen molar-refractivity contribution in [1.82, 2.24) is 9.78 Å². The molecule has 1 aromatic heterocycles. The highest BCUT2D eigenvalue weighted by Crippen LogP contribution is 2.18. The molecular weight excluding hydrogens is 398 g/mol. The summed E-state index contributed by atoms with van der Waals surface area (Å²) in [5.74, 6) is -1.07. The standard InChI is InChI=1S/C19H16BrN3O3/c1-11-7-12(2)9-14(8-11)21-19(26)18-16(24)10-17(25)23(22-18)15-5-3-13(20)4-6-15/h3-10,24H,1-2H3,(H,21,26). The Balaban J connectivity index is 1.99. The van der Waals surface area contributed by atoms with E-state index in [0.29, 0.717) is 11.4 Å². The van der Waals surface area contributed by atoms with Crippen molar-refractivity contribution >= 4 is 27.5 Å². The minimum atomic E-state index is -0.599. The Labute approximate surface area is 158 Å². The molecule has 0 unspecified atom stereocenters. The Hall–Kier alpha value is -2.93. The molecule has 7 heteroatoms. The Bertz CT molecular complexity index is 1020. The lowest BCUT2D eigenvalue weighted by molar-refractivity contribution is 0.101. The molecule has 2 N–H and O–H groups in total. The van der Waals surface area contributed by atoms with E-state index in [1.54, 1.807) is 24.3 Å². The van der Waals surface area contributed by atoms with Crippen LogP contribution in [0.1, 0.15) is 21.6 Å². The second kappa shape index (κ2) is 7.13. The van der Waals surface area contributed by atoms with Gasteiger partial charge in [-0.25, -0.2) is 0 Å². The van der Waals surface area contributed by atoms with Crippen LogP contribution in [0, 0.1) is 13.8 Å². The molecule has 0 radical (unpaired) electrons. The smallest absolute Gasteiger partial charge is 0.279 e. The van der Waals surface area contributed by atoms with E-state index in [1.807, 2.05) is 32.0 Å². The fourth-order valence-electron chi connectivity index (χ4n) is 2.61. The first-order valence-electron chi connectivity index (χ1n) is 7.82. The molecule has 6 nitrogen and oxygen atoms in total. The topological polar surface area (TPSA) is 84.2 Å². The quantitative estimate of drug-likeness (QED) is 0.687. The van der Waals surface area contributed by atoms with Crippen LogP contribution in [0.25, 0.3) is 5.69 Å². The number of aromatic nitrogens is 2. The van der Waals surface area contributed by atoms with Gasteiger partial charge in [0, 0.05) is 16.2 Å². The largest absolute Gasteiger partial charge is 0.505 e. The van der Waals surface area contributed by atoms with Gasteiger partial charge in [0.25, 0.3) is 11.5 Å². The van der Waals surface area contributed by atoms with E-state index in [4.69, 9.17) is 0 Å². The summed E-state index contributed by atoms with van der Waals surface area (Å²) in [5.41, 5.74) is 2.31. The Morgan fingerprint density at radius 3 is 2.31 bits per heavy atom. The zero-order valence-electron chi connectivity index (χ0n) is 14.2. The van der Waals surface area contributed by atoms with Crippen LogP contribution in [0.3, 0.4) is 0 Å². The third kappa shape index (κ3) is 3.83. The summed E-state index contributed by atoms with van der Waals surface area (Å²) in [7, 11) is 0. The normalized spacial score (nSPS) is 10.6. The molecule has 3 aromatic rings. The van der Waals surface area contributed by atoms with Crippen molar-refractivity contribution in [3.63, 3.8) is 0 Å². The Kier molecular flexibility index (Phi) is 4.90. The van der Waals surface area contributed by atoms with Gasteiger partial charge in [-0.1, -0.05) is 22.0 Å². The molecule has 1 amide bonds. The molecule has 0 saturated carbocycles. The van der Waals surface area contributed by atoms with E-state index in [-0.39, 0.29) is 5.69 Å². The summed E-state index contributed by atoms with van der Waals surface area (Å²) in [6, 6.07) is 13.5. The first kappa shape index (κ1) is 17.9. The van der Waals surface area contributed by atoms with Gasteiger partial charge in [-0.15, -0.1) is 0 Å². The van der Waals surface area contributed by atoms with Crippen LogP contribution in [0.2, 0.25) is 0 Å². The van der Waals surface area contributed by atoms with Crippen LogP contribution < -0.4 is 10.9 Å². The molecule has 0 atom stereocenters. The molecule has 3 rings (SSSR count). The molecule has 132 valence electrons. The molecule has 0 aliphatic carbocycles. The number of carbonyl (C=O) groups excluding carboxylic acids is 1. The van der Waals surface area contributed by atoms with Crippen LogP contribution in [0.15, 0.2) is 57.8 Å². The lowest BCUT2D eigenvalue weighted by Crippen LogP contribution is -2.25. The fraction of sp³-hybridized carbons (Fsp3) is 0.105. The van der Waals surface area contributed by atoms with Gasteiger partial charge in [0.15, 0.2) is 11.4 Å². The van der Waals surface area contributed by atoms with Crippen molar-refractivity contribution in [2.24, 2.45) is 0 Å². The first-order valence-corrected chi connectivity index (χ1v) is 8.62. The molecule has 0 aliphatic heterocycles. The summed E-state index contributed by atoms with van der Waals surface area (Å²) < 4.78 is 1.92. The monoisotopic (exact) mass is 413 g/mol. The number of benzene rings is 2.